The predicted molar refractivity (Wildman–Crippen MR) is 132 cm³/mol. The van der Waals surface area contributed by atoms with Gasteiger partial charge in [0.25, 0.3) is 0 Å². The Labute approximate surface area is 201 Å². The lowest BCUT2D eigenvalue weighted by Crippen LogP contribution is -2.09. The molecular formula is C28H33FN2O3. The topological polar surface area (TPSA) is 61.3 Å². The van der Waals surface area contributed by atoms with Crippen molar-refractivity contribution in [2.75, 3.05) is 6.61 Å². The number of halogens is 1. The summed E-state index contributed by atoms with van der Waals surface area (Å²) in [6.07, 6.45) is 12.5. The molecule has 3 rings (SSSR count). The molecule has 0 amide bonds. The van der Waals surface area contributed by atoms with Gasteiger partial charge < -0.3 is 9.47 Å². The van der Waals surface area contributed by atoms with Crippen LogP contribution in [0.4, 0.5) is 4.39 Å². The van der Waals surface area contributed by atoms with Gasteiger partial charge in [-0.1, -0.05) is 52.4 Å². The van der Waals surface area contributed by atoms with Gasteiger partial charge in [-0.15, -0.1) is 0 Å². The molecule has 6 heteroatoms. The highest BCUT2D eigenvalue weighted by Crippen LogP contribution is 2.23. The van der Waals surface area contributed by atoms with E-state index in [-0.39, 0.29) is 11.3 Å². The van der Waals surface area contributed by atoms with Crippen LogP contribution in [-0.4, -0.2) is 22.5 Å². The van der Waals surface area contributed by atoms with Crippen LogP contribution < -0.4 is 9.47 Å². The summed E-state index contributed by atoms with van der Waals surface area (Å²) in [5.41, 5.74) is 2.05. The van der Waals surface area contributed by atoms with E-state index in [0.29, 0.717) is 18.2 Å². The third-order valence-corrected chi connectivity index (χ3v) is 5.49. The lowest BCUT2D eigenvalue weighted by atomic mass is 10.1. The molecule has 34 heavy (non-hydrogen) atoms. The molecular weight excluding hydrogens is 431 g/mol. The van der Waals surface area contributed by atoms with Crippen molar-refractivity contribution >= 4 is 5.97 Å². The largest absolute Gasteiger partial charge is 0.491 e. The number of carbonyl (C=O) groups is 1. The lowest BCUT2D eigenvalue weighted by molar-refractivity contribution is 0.0734. The second-order valence-corrected chi connectivity index (χ2v) is 8.34. The Morgan fingerprint density at radius 2 is 1.59 bits per heavy atom. The van der Waals surface area contributed by atoms with E-state index in [0.717, 1.165) is 42.9 Å². The molecule has 3 aromatic rings. The van der Waals surface area contributed by atoms with E-state index in [1.807, 2.05) is 12.4 Å². The number of unbranched alkanes of at least 4 members (excludes halogenated alkanes) is 5. The van der Waals surface area contributed by atoms with E-state index >= 15 is 0 Å². The van der Waals surface area contributed by atoms with E-state index in [1.165, 1.54) is 37.8 Å². The van der Waals surface area contributed by atoms with Crippen molar-refractivity contribution in [2.24, 2.45) is 0 Å². The first-order chi connectivity index (χ1) is 16.6. The van der Waals surface area contributed by atoms with E-state index in [1.54, 1.807) is 24.3 Å². The minimum absolute atomic E-state index is 0.128. The number of carbonyl (C=O) groups excluding carboxylic acids is 1. The number of esters is 1. The molecule has 0 saturated carbocycles. The molecule has 0 spiro atoms. The van der Waals surface area contributed by atoms with Gasteiger partial charge in [0.1, 0.15) is 5.75 Å². The van der Waals surface area contributed by atoms with Crippen molar-refractivity contribution in [3.05, 3.63) is 71.8 Å². The number of hydrogen-bond donors (Lipinski definition) is 0. The Morgan fingerprint density at radius 3 is 2.26 bits per heavy atom. The molecule has 180 valence electrons. The molecule has 0 radical (unpaired) electrons. The van der Waals surface area contributed by atoms with Crippen LogP contribution in [0.15, 0.2) is 54.9 Å². The highest BCUT2D eigenvalue weighted by Gasteiger charge is 2.13. The fourth-order valence-electron chi connectivity index (χ4n) is 3.57. The van der Waals surface area contributed by atoms with Gasteiger partial charge in [0.05, 0.1) is 12.2 Å². The number of hydrogen-bond acceptors (Lipinski definition) is 5. The molecule has 0 aliphatic rings. The van der Waals surface area contributed by atoms with Gasteiger partial charge in [0.15, 0.2) is 17.4 Å². The zero-order valence-corrected chi connectivity index (χ0v) is 20.1. The monoisotopic (exact) mass is 464 g/mol. The van der Waals surface area contributed by atoms with E-state index in [9.17, 15) is 9.18 Å². The average Bonchev–Trinajstić information content (AvgIpc) is 2.85. The first-order valence-electron chi connectivity index (χ1n) is 12.2. The Bertz CT molecular complexity index is 1040. The fraction of sp³-hybridized carbons (Fsp3) is 0.393. The second kappa shape index (κ2) is 13.4. The van der Waals surface area contributed by atoms with Gasteiger partial charge in [-0.3, -0.25) is 0 Å². The number of aromatic nitrogens is 2. The summed E-state index contributed by atoms with van der Waals surface area (Å²) >= 11 is 0. The smallest absolute Gasteiger partial charge is 0.343 e. The molecule has 0 aliphatic heterocycles. The van der Waals surface area contributed by atoms with Gasteiger partial charge in [-0.25, -0.2) is 19.2 Å². The second-order valence-electron chi connectivity index (χ2n) is 8.34. The van der Waals surface area contributed by atoms with Gasteiger partial charge in [-0.05, 0) is 60.9 Å². The quantitative estimate of drug-likeness (QED) is 0.152. The number of ether oxygens (including phenoxy) is 2. The lowest BCUT2D eigenvalue weighted by Gasteiger charge is -2.09. The van der Waals surface area contributed by atoms with Crippen LogP contribution in [0.5, 0.6) is 11.5 Å². The maximum atomic E-state index is 14.4. The maximum Gasteiger partial charge on any atom is 0.343 e. The highest BCUT2D eigenvalue weighted by molar-refractivity contribution is 5.91. The summed E-state index contributed by atoms with van der Waals surface area (Å²) in [7, 11) is 0. The van der Waals surface area contributed by atoms with Crippen LogP contribution in [0.3, 0.4) is 0 Å². The van der Waals surface area contributed by atoms with Gasteiger partial charge in [0.2, 0.25) is 0 Å². The Hall–Kier alpha value is -3.28. The van der Waals surface area contributed by atoms with Crippen LogP contribution in [0.25, 0.3) is 11.4 Å². The van der Waals surface area contributed by atoms with Crippen LogP contribution >= 0.6 is 0 Å². The fourth-order valence-corrected chi connectivity index (χ4v) is 3.57. The van der Waals surface area contributed by atoms with Crippen molar-refractivity contribution in [1.29, 1.82) is 0 Å². The van der Waals surface area contributed by atoms with Gasteiger partial charge in [-0.2, -0.15) is 0 Å². The predicted octanol–water partition coefficient (Wildman–Crippen LogP) is 7.19. The minimum atomic E-state index is -0.630. The third-order valence-electron chi connectivity index (χ3n) is 5.49. The van der Waals surface area contributed by atoms with Crippen molar-refractivity contribution in [3.63, 3.8) is 0 Å². The molecule has 0 N–H and O–H groups in total. The van der Waals surface area contributed by atoms with Crippen molar-refractivity contribution in [1.82, 2.24) is 9.97 Å². The summed E-state index contributed by atoms with van der Waals surface area (Å²) in [4.78, 5) is 21.3. The average molecular weight is 465 g/mol. The normalized spacial score (nSPS) is 10.8. The first kappa shape index (κ1) is 25.3. The van der Waals surface area contributed by atoms with Crippen molar-refractivity contribution in [2.45, 2.75) is 65.2 Å². The summed E-state index contributed by atoms with van der Waals surface area (Å²) in [6.45, 7) is 4.76. The molecule has 0 bridgehead atoms. The molecule has 1 aromatic heterocycles. The van der Waals surface area contributed by atoms with Gasteiger partial charge in [0, 0.05) is 18.0 Å². The summed E-state index contributed by atoms with van der Waals surface area (Å²) in [6, 6.07) is 11.1. The van der Waals surface area contributed by atoms with Crippen LogP contribution in [0.2, 0.25) is 0 Å². The van der Waals surface area contributed by atoms with Crippen molar-refractivity contribution < 1.29 is 18.7 Å². The molecule has 0 unspecified atom stereocenters. The van der Waals surface area contributed by atoms with Gasteiger partial charge >= 0.3 is 5.97 Å². The Balaban J connectivity index is 1.51. The molecule has 1 heterocycles. The molecule has 0 aliphatic carbocycles. The Morgan fingerprint density at radius 1 is 0.882 bits per heavy atom. The summed E-state index contributed by atoms with van der Waals surface area (Å²) < 4.78 is 25.3. The maximum absolute atomic E-state index is 14.4. The molecule has 0 fully saturated rings. The number of rotatable bonds is 13. The van der Waals surface area contributed by atoms with E-state index in [2.05, 4.69) is 23.8 Å². The van der Waals surface area contributed by atoms with Crippen LogP contribution in [0.1, 0.15) is 74.7 Å². The van der Waals surface area contributed by atoms with Crippen LogP contribution in [-0.2, 0) is 6.42 Å². The van der Waals surface area contributed by atoms with E-state index in [4.69, 9.17) is 9.47 Å². The molecule has 0 saturated heterocycles. The zero-order valence-electron chi connectivity index (χ0n) is 20.1. The molecule has 0 atom stereocenters. The minimum Gasteiger partial charge on any atom is -0.491 e. The molecule has 5 nitrogen and oxygen atoms in total. The number of benzene rings is 2. The third kappa shape index (κ3) is 7.65. The number of nitrogens with zero attached hydrogens (tertiary/aromatic N) is 2. The highest BCUT2D eigenvalue weighted by atomic mass is 19.1. The Kier molecular flexibility index (Phi) is 10.0. The molecule has 2 aromatic carbocycles. The number of aryl methyl sites for hydroxylation is 1. The zero-order chi connectivity index (χ0) is 24.2. The summed E-state index contributed by atoms with van der Waals surface area (Å²) in [5.74, 6) is -0.0790. The first-order valence-corrected chi connectivity index (χ1v) is 12.2. The summed E-state index contributed by atoms with van der Waals surface area (Å²) in [5, 5.41) is 0. The van der Waals surface area contributed by atoms with Crippen LogP contribution in [0, 0.1) is 5.82 Å². The van der Waals surface area contributed by atoms with Crippen molar-refractivity contribution in [3.8, 4) is 22.9 Å². The standard InChI is InChI=1S/C28H33FN2O3/c1-3-5-6-7-8-9-17-33-26-16-13-23(18-25(26)29)28(32)34-24-14-11-22(12-15-24)27-30-19-21(10-4-2)20-31-27/h11-16,18-20H,3-10,17H2,1-2H3. The van der Waals surface area contributed by atoms with E-state index < -0.39 is 11.8 Å². The SMILES string of the molecule is CCCCCCCCOc1ccc(C(=O)Oc2ccc(-c3ncc(CCC)cn3)cc2)cc1F.